The van der Waals surface area contributed by atoms with Crippen LogP contribution in [-0.4, -0.2) is 42.1 Å². The molecule has 6 N–H and O–H groups in total. The predicted molar refractivity (Wildman–Crippen MR) is 66.9 cm³/mol. The van der Waals surface area contributed by atoms with Crippen molar-refractivity contribution in [1.82, 2.24) is 14.3 Å². The molecule has 1 rings (SSSR count). The topological polar surface area (TPSA) is 123 Å². The highest BCUT2D eigenvalue weighted by molar-refractivity contribution is 8.21. The van der Waals surface area contributed by atoms with Crippen LogP contribution in [0.4, 0.5) is 5.82 Å². The number of nitrogens with zero attached hydrogens (tertiary/aromatic N) is 2. The van der Waals surface area contributed by atoms with E-state index in [0.717, 1.165) is 0 Å². The van der Waals surface area contributed by atoms with Gasteiger partial charge in [-0.3, -0.25) is 19.8 Å². The lowest BCUT2D eigenvalue weighted by Gasteiger charge is -2.32. The van der Waals surface area contributed by atoms with Crippen molar-refractivity contribution in [2.45, 2.75) is 19.7 Å². The van der Waals surface area contributed by atoms with Gasteiger partial charge in [0, 0.05) is 6.54 Å². The van der Waals surface area contributed by atoms with Gasteiger partial charge in [-0.25, -0.2) is 9.71 Å². The molecule has 0 unspecified atom stereocenters. The molecule has 0 saturated carbocycles. The van der Waals surface area contributed by atoms with Crippen molar-refractivity contribution in [3.63, 3.8) is 0 Å². The molecule has 1 aromatic rings. The van der Waals surface area contributed by atoms with E-state index in [0.29, 0.717) is 0 Å². The maximum Gasteiger partial charge on any atom is 0.167 e. The minimum absolute atomic E-state index is 0.0956. The van der Waals surface area contributed by atoms with Gasteiger partial charge in [-0.15, -0.1) is 10.8 Å². The van der Waals surface area contributed by atoms with Crippen molar-refractivity contribution in [1.29, 1.82) is 0 Å². The van der Waals surface area contributed by atoms with E-state index < -0.39 is 10.8 Å². The molecule has 8 nitrogen and oxygen atoms in total. The summed E-state index contributed by atoms with van der Waals surface area (Å²) in [6.07, 6.45) is 2.75. The summed E-state index contributed by atoms with van der Waals surface area (Å²) < 4.78 is 22.7. The van der Waals surface area contributed by atoms with E-state index in [4.69, 9.17) is 10.3 Å². The van der Waals surface area contributed by atoms with Gasteiger partial charge in [0.25, 0.3) is 0 Å². The highest BCUT2D eigenvalue weighted by Crippen LogP contribution is 2.35. The first-order valence-corrected chi connectivity index (χ1v) is 6.82. The highest BCUT2D eigenvalue weighted by Gasteiger charge is 2.11. The van der Waals surface area contributed by atoms with Gasteiger partial charge in [0.05, 0.1) is 19.1 Å². The van der Waals surface area contributed by atoms with E-state index in [9.17, 15) is 9.11 Å². The maximum absolute atomic E-state index is 9.47. The molecule has 9 heteroatoms. The molecular weight excluding hydrogens is 248 g/mol. The van der Waals surface area contributed by atoms with Gasteiger partial charge in [-0.1, -0.05) is 13.8 Å². The molecular formula is C8H20N4O4S. The van der Waals surface area contributed by atoms with Crippen LogP contribution in [0.15, 0.2) is 12.5 Å². The van der Waals surface area contributed by atoms with Gasteiger partial charge in [0.15, 0.2) is 5.82 Å². The third-order valence-corrected chi connectivity index (χ3v) is 2.85. The number of rotatable bonds is 6. The first kappa shape index (κ1) is 16.2. The number of aliphatic hydroxyl groups excluding tert-OH is 1. The lowest BCUT2D eigenvalue weighted by atomic mass is 10.8. The second kappa shape index (κ2) is 8.28. The maximum atomic E-state index is 9.47. The Kier molecular flexibility index (Phi) is 7.87. The number of nitrogens with one attached hydrogen (secondary N) is 2. The molecule has 0 aliphatic rings. The molecule has 0 amide bonds. The fraction of sp³-hybridized carbons (Fsp3) is 0.625. The number of anilines is 1. The molecule has 0 aliphatic carbocycles. The highest BCUT2D eigenvalue weighted by atomic mass is 32.3. The Labute approximate surface area is 102 Å². The second-order valence-corrected chi connectivity index (χ2v) is 4.68. The van der Waals surface area contributed by atoms with E-state index in [1.54, 1.807) is 0 Å². The monoisotopic (exact) mass is 268 g/mol. The molecule has 0 radical (unpaired) electrons. The van der Waals surface area contributed by atoms with Crippen LogP contribution in [0.3, 0.4) is 0 Å². The Morgan fingerprint density at radius 3 is 2.53 bits per heavy atom. The zero-order valence-corrected chi connectivity index (χ0v) is 10.7. The summed E-state index contributed by atoms with van der Waals surface area (Å²) in [6, 6.07) is 0. The molecule has 0 saturated heterocycles. The largest absolute Gasteiger partial charge is 0.395 e. The van der Waals surface area contributed by atoms with Gasteiger partial charge >= 0.3 is 0 Å². The smallest absolute Gasteiger partial charge is 0.167 e. The van der Waals surface area contributed by atoms with Gasteiger partial charge in [-0.05, 0) is 0 Å². The minimum atomic E-state index is -2.99. The van der Waals surface area contributed by atoms with E-state index in [2.05, 4.69) is 9.71 Å². The molecule has 0 atom stereocenters. The van der Waals surface area contributed by atoms with Crippen LogP contribution in [0.5, 0.6) is 0 Å². The number of hydrogen-bond acceptors (Lipinski definition) is 7. The van der Waals surface area contributed by atoms with Crippen molar-refractivity contribution >= 4 is 16.6 Å². The summed E-state index contributed by atoms with van der Waals surface area (Å²) >= 11 is 0. The fourth-order valence-corrected chi connectivity index (χ4v) is 2.02. The first-order chi connectivity index (χ1) is 8.07. The Morgan fingerprint density at radius 1 is 1.41 bits per heavy atom. The van der Waals surface area contributed by atoms with E-state index in [-0.39, 0.29) is 24.8 Å². The molecule has 0 fully saturated rings. The molecule has 0 aromatic carbocycles. The number of aliphatic hydroxyl groups is 1. The van der Waals surface area contributed by atoms with E-state index >= 15 is 0 Å². The summed E-state index contributed by atoms with van der Waals surface area (Å²) in [7, 11) is -2.99. The third kappa shape index (κ3) is 6.46. The average Bonchev–Trinajstić information content (AvgIpc) is 2.76. The summed E-state index contributed by atoms with van der Waals surface area (Å²) in [5.74, 6) is 0.120. The number of imidazole rings is 1. The Bertz CT molecular complexity index is 307. The van der Waals surface area contributed by atoms with Crippen molar-refractivity contribution in [2.75, 3.05) is 18.6 Å². The van der Waals surface area contributed by atoms with Crippen LogP contribution in [-0.2, 0) is 5.88 Å². The van der Waals surface area contributed by atoms with Gasteiger partial charge < -0.3 is 9.67 Å². The molecule has 1 heterocycles. The SMILES string of the molecule is CC.OCCNS(O)(O)Cn1cnc(NO)c1. The van der Waals surface area contributed by atoms with Gasteiger partial charge in [-0.2, -0.15) is 0 Å². The lowest BCUT2D eigenvalue weighted by molar-refractivity contribution is 0.298. The standard InChI is InChI=1S/C6H14N4O4S.C2H6/c11-2-1-8-15(13,14)5-10-3-6(9-12)7-4-10;1-2/h3-4,8-9,11-14H,1-2,5H2;1-2H3. The Morgan fingerprint density at radius 2 is 2.06 bits per heavy atom. The predicted octanol–water partition coefficient (Wildman–Crippen LogP) is 0.915. The van der Waals surface area contributed by atoms with E-state index in [1.807, 2.05) is 19.3 Å². The van der Waals surface area contributed by atoms with Crippen molar-refractivity contribution in [2.24, 2.45) is 0 Å². The van der Waals surface area contributed by atoms with Crippen LogP contribution in [0.2, 0.25) is 0 Å². The van der Waals surface area contributed by atoms with E-state index in [1.165, 1.54) is 17.1 Å². The fourth-order valence-electron chi connectivity index (χ4n) is 0.951. The second-order valence-electron chi connectivity index (χ2n) is 2.80. The third-order valence-electron chi connectivity index (χ3n) is 1.52. The van der Waals surface area contributed by atoms with Crippen LogP contribution in [0, 0.1) is 0 Å². The van der Waals surface area contributed by atoms with Gasteiger partial charge in [0.2, 0.25) is 0 Å². The number of aromatic nitrogens is 2. The average molecular weight is 268 g/mol. The van der Waals surface area contributed by atoms with Crippen molar-refractivity contribution in [3.8, 4) is 0 Å². The zero-order valence-electron chi connectivity index (χ0n) is 9.87. The Hall–Kier alpha value is -0.840. The minimum Gasteiger partial charge on any atom is -0.395 e. The first-order valence-electron chi connectivity index (χ1n) is 5.10. The molecule has 0 spiro atoms. The zero-order chi connectivity index (χ0) is 13.3. The molecule has 1 aromatic heterocycles. The van der Waals surface area contributed by atoms with Crippen molar-refractivity contribution in [3.05, 3.63) is 12.5 Å². The lowest BCUT2D eigenvalue weighted by Crippen LogP contribution is -2.26. The molecule has 0 bridgehead atoms. The van der Waals surface area contributed by atoms with Gasteiger partial charge in [0.1, 0.15) is 5.88 Å². The number of hydrogen-bond donors (Lipinski definition) is 6. The summed E-state index contributed by atoms with van der Waals surface area (Å²) in [6.45, 7) is 3.92. The van der Waals surface area contributed by atoms with Crippen LogP contribution in [0.25, 0.3) is 0 Å². The molecule has 17 heavy (non-hydrogen) atoms. The molecule has 0 aliphatic heterocycles. The van der Waals surface area contributed by atoms with Crippen LogP contribution < -0.4 is 10.2 Å². The van der Waals surface area contributed by atoms with Crippen molar-refractivity contribution < 1.29 is 19.4 Å². The van der Waals surface area contributed by atoms with Crippen LogP contribution in [0.1, 0.15) is 13.8 Å². The summed E-state index contributed by atoms with van der Waals surface area (Å²) in [5, 5.41) is 17.0. The summed E-state index contributed by atoms with van der Waals surface area (Å²) in [4.78, 5) is 3.71. The summed E-state index contributed by atoms with van der Waals surface area (Å²) in [5.41, 5.74) is 1.83. The molecule has 102 valence electrons. The quantitative estimate of drug-likeness (QED) is 0.424. The Balaban J connectivity index is 0.00000121. The van der Waals surface area contributed by atoms with Crippen LogP contribution >= 0.6 is 10.8 Å². The normalized spacial score (nSPS) is 11.6.